The molecule has 2 N–H and O–H groups in total. The van der Waals surface area contributed by atoms with Crippen LogP contribution in [-0.2, 0) is 24.3 Å². The van der Waals surface area contributed by atoms with Gasteiger partial charge in [0, 0.05) is 13.0 Å². The average molecular weight is 281 g/mol. The summed E-state index contributed by atoms with van der Waals surface area (Å²) in [6.45, 7) is 2.97. The lowest BCUT2D eigenvalue weighted by Crippen LogP contribution is -2.39. The number of carboxylic acids is 1. The van der Waals surface area contributed by atoms with Crippen molar-refractivity contribution < 1.29 is 27.9 Å². The number of carboxylic acid groups (broad SMARTS) is 1. The van der Waals surface area contributed by atoms with Crippen LogP contribution in [0.3, 0.4) is 0 Å². The van der Waals surface area contributed by atoms with Crippen molar-refractivity contribution in [3.8, 4) is 0 Å². The Labute approximate surface area is 107 Å². The third kappa shape index (κ3) is 6.55. The molecule has 0 bridgehead atoms. The SMILES string of the molecule is COC(=O)C(C)(C)CS(=O)(=O)NCCCC(=O)O. The first-order valence-corrected chi connectivity index (χ1v) is 7.03. The lowest BCUT2D eigenvalue weighted by atomic mass is 9.97. The number of esters is 1. The van der Waals surface area contributed by atoms with Crippen LogP contribution in [0.5, 0.6) is 0 Å². The molecule has 0 heterocycles. The monoisotopic (exact) mass is 281 g/mol. The minimum absolute atomic E-state index is 0.0336. The Hall–Kier alpha value is -1.15. The topological polar surface area (TPSA) is 110 Å². The summed E-state index contributed by atoms with van der Waals surface area (Å²) in [6.07, 6.45) is 0.0934. The standard InChI is InChI=1S/C10H19NO6S/c1-10(2,9(14)17-3)7-18(15,16)11-6-4-5-8(12)13/h11H,4-7H2,1-3H3,(H,12,13). The molecular weight excluding hydrogens is 262 g/mol. The van der Waals surface area contributed by atoms with E-state index in [-0.39, 0.29) is 19.4 Å². The molecule has 0 aliphatic carbocycles. The molecule has 0 aromatic carbocycles. The number of rotatable bonds is 8. The summed E-state index contributed by atoms with van der Waals surface area (Å²) in [5, 5.41) is 8.40. The van der Waals surface area contributed by atoms with Gasteiger partial charge in [0.2, 0.25) is 10.0 Å². The van der Waals surface area contributed by atoms with Crippen molar-refractivity contribution in [2.24, 2.45) is 5.41 Å². The van der Waals surface area contributed by atoms with E-state index < -0.39 is 33.1 Å². The summed E-state index contributed by atoms with van der Waals surface area (Å²) in [7, 11) is -2.44. The third-order valence-electron chi connectivity index (χ3n) is 2.18. The first-order chi connectivity index (χ1) is 8.10. The Morgan fingerprint density at radius 1 is 1.33 bits per heavy atom. The number of nitrogens with one attached hydrogen (secondary N) is 1. The number of sulfonamides is 1. The molecule has 0 rings (SSSR count). The smallest absolute Gasteiger partial charge is 0.312 e. The normalized spacial score (nSPS) is 12.2. The van der Waals surface area contributed by atoms with Gasteiger partial charge in [-0.3, -0.25) is 9.59 Å². The van der Waals surface area contributed by atoms with Crippen molar-refractivity contribution >= 4 is 22.0 Å². The Kier molecular flexibility index (Phi) is 6.27. The van der Waals surface area contributed by atoms with E-state index in [0.29, 0.717) is 0 Å². The van der Waals surface area contributed by atoms with E-state index in [1.165, 1.54) is 21.0 Å². The average Bonchev–Trinajstić information content (AvgIpc) is 2.21. The summed E-state index contributed by atoms with van der Waals surface area (Å²) >= 11 is 0. The lowest BCUT2D eigenvalue weighted by molar-refractivity contribution is -0.149. The van der Waals surface area contributed by atoms with E-state index in [1.54, 1.807) is 0 Å². The lowest BCUT2D eigenvalue weighted by Gasteiger charge is -2.21. The third-order valence-corrected chi connectivity index (χ3v) is 3.92. The summed E-state index contributed by atoms with van der Waals surface area (Å²) in [4.78, 5) is 21.6. The zero-order chi connectivity index (χ0) is 14.4. The van der Waals surface area contributed by atoms with Gasteiger partial charge < -0.3 is 9.84 Å². The fourth-order valence-corrected chi connectivity index (χ4v) is 2.95. The predicted molar refractivity (Wildman–Crippen MR) is 64.5 cm³/mol. The second-order valence-corrected chi connectivity index (χ2v) is 6.33. The van der Waals surface area contributed by atoms with Crippen molar-refractivity contribution in [1.29, 1.82) is 0 Å². The van der Waals surface area contributed by atoms with Gasteiger partial charge in [0.15, 0.2) is 0 Å². The molecule has 0 aliphatic heterocycles. The first kappa shape index (κ1) is 16.9. The van der Waals surface area contributed by atoms with Crippen molar-refractivity contribution in [2.75, 3.05) is 19.4 Å². The number of hydrogen-bond acceptors (Lipinski definition) is 5. The van der Waals surface area contributed by atoms with Gasteiger partial charge in [0.25, 0.3) is 0 Å². The summed E-state index contributed by atoms with van der Waals surface area (Å²) in [5.41, 5.74) is -1.15. The maximum absolute atomic E-state index is 11.6. The molecule has 0 amide bonds. The maximum atomic E-state index is 11.6. The van der Waals surface area contributed by atoms with Crippen LogP contribution in [0.25, 0.3) is 0 Å². The number of ether oxygens (including phenoxy) is 1. The number of methoxy groups -OCH3 is 1. The van der Waals surface area contributed by atoms with Gasteiger partial charge in [-0.2, -0.15) is 0 Å². The molecule has 0 fully saturated rings. The zero-order valence-electron chi connectivity index (χ0n) is 10.7. The van der Waals surface area contributed by atoms with Crippen LogP contribution in [-0.4, -0.2) is 44.9 Å². The van der Waals surface area contributed by atoms with Crippen molar-refractivity contribution in [2.45, 2.75) is 26.7 Å². The van der Waals surface area contributed by atoms with Crippen LogP contribution < -0.4 is 4.72 Å². The van der Waals surface area contributed by atoms with Crippen LogP contribution in [0.1, 0.15) is 26.7 Å². The highest BCUT2D eigenvalue weighted by Gasteiger charge is 2.34. The molecule has 0 unspecified atom stereocenters. The maximum Gasteiger partial charge on any atom is 0.312 e. The molecule has 0 saturated heterocycles. The van der Waals surface area contributed by atoms with Gasteiger partial charge in [-0.1, -0.05) is 0 Å². The number of hydrogen-bond donors (Lipinski definition) is 2. The van der Waals surface area contributed by atoms with Crippen LogP contribution in [0.2, 0.25) is 0 Å². The van der Waals surface area contributed by atoms with Crippen molar-refractivity contribution in [3.05, 3.63) is 0 Å². The van der Waals surface area contributed by atoms with E-state index in [4.69, 9.17) is 5.11 Å². The fraction of sp³-hybridized carbons (Fsp3) is 0.800. The van der Waals surface area contributed by atoms with E-state index in [9.17, 15) is 18.0 Å². The van der Waals surface area contributed by atoms with E-state index in [0.717, 1.165) is 0 Å². The number of carbonyl (C=O) groups is 2. The van der Waals surface area contributed by atoms with Gasteiger partial charge >= 0.3 is 11.9 Å². The predicted octanol–water partition coefficient (Wildman–Crippen LogP) is -0.0302. The van der Waals surface area contributed by atoms with Gasteiger partial charge in [0.05, 0.1) is 18.3 Å². The number of aliphatic carboxylic acids is 1. The number of carbonyl (C=O) groups excluding carboxylic acids is 1. The van der Waals surface area contributed by atoms with E-state index in [2.05, 4.69) is 9.46 Å². The highest BCUT2D eigenvalue weighted by atomic mass is 32.2. The molecule has 0 aliphatic rings. The largest absolute Gasteiger partial charge is 0.481 e. The van der Waals surface area contributed by atoms with Crippen molar-refractivity contribution in [1.82, 2.24) is 4.72 Å². The minimum Gasteiger partial charge on any atom is -0.481 e. The minimum atomic E-state index is -3.64. The van der Waals surface area contributed by atoms with Crippen LogP contribution >= 0.6 is 0 Å². The molecule has 0 saturated carbocycles. The van der Waals surface area contributed by atoms with Gasteiger partial charge in [0.1, 0.15) is 0 Å². The summed E-state index contributed by atoms with van der Waals surface area (Å²) < 4.78 is 30.0. The Balaban J connectivity index is 4.31. The Morgan fingerprint density at radius 3 is 2.33 bits per heavy atom. The molecule has 0 aromatic heterocycles. The second-order valence-electron chi connectivity index (χ2n) is 4.53. The molecule has 0 atom stereocenters. The summed E-state index contributed by atoms with van der Waals surface area (Å²) in [6, 6.07) is 0. The molecule has 106 valence electrons. The quantitative estimate of drug-likeness (QED) is 0.477. The van der Waals surface area contributed by atoms with Crippen LogP contribution in [0.4, 0.5) is 0 Å². The molecule has 8 heteroatoms. The van der Waals surface area contributed by atoms with Gasteiger partial charge in [-0.05, 0) is 20.3 Å². The Morgan fingerprint density at radius 2 is 1.89 bits per heavy atom. The molecule has 18 heavy (non-hydrogen) atoms. The fourth-order valence-electron chi connectivity index (χ4n) is 1.33. The molecule has 7 nitrogen and oxygen atoms in total. The van der Waals surface area contributed by atoms with E-state index >= 15 is 0 Å². The van der Waals surface area contributed by atoms with Crippen LogP contribution in [0, 0.1) is 5.41 Å². The molecule has 0 radical (unpaired) electrons. The summed E-state index contributed by atoms with van der Waals surface area (Å²) in [5.74, 6) is -2.00. The first-order valence-electron chi connectivity index (χ1n) is 5.38. The molecule has 0 spiro atoms. The van der Waals surface area contributed by atoms with Crippen LogP contribution in [0.15, 0.2) is 0 Å². The zero-order valence-corrected chi connectivity index (χ0v) is 11.5. The van der Waals surface area contributed by atoms with Crippen molar-refractivity contribution in [3.63, 3.8) is 0 Å². The van der Waals surface area contributed by atoms with E-state index in [1.807, 2.05) is 0 Å². The Bertz CT molecular complexity index is 401. The molecular formula is C10H19NO6S. The molecule has 0 aromatic rings. The van der Waals surface area contributed by atoms with Gasteiger partial charge in [-0.25, -0.2) is 13.1 Å². The second kappa shape index (κ2) is 6.69. The van der Waals surface area contributed by atoms with Gasteiger partial charge in [-0.15, -0.1) is 0 Å². The highest BCUT2D eigenvalue weighted by Crippen LogP contribution is 2.19. The highest BCUT2D eigenvalue weighted by molar-refractivity contribution is 7.89.